The molecule has 1 amide bonds. The van der Waals surface area contributed by atoms with Gasteiger partial charge in [0.2, 0.25) is 0 Å². The zero-order valence-electron chi connectivity index (χ0n) is 16.1. The van der Waals surface area contributed by atoms with Crippen LogP contribution in [-0.4, -0.2) is 43.1 Å². The van der Waals surface area contributed by atoms with Gasteiger partial charge in [0, 0.05) is 6.54 Å². The van der Waals surface area contributed by atoms with Gasteiger partial charge in [0.05, 0.1) is 0 Å². The molecule has 4 heteroatoms. The first-order chi connectivity index (χ1) is 12.1. The Balaban J connectivity index is 1.74. The first-order valence-electron chi connectivity index (χ1n) is 9.84. The highest BCUT2D eigenvalue weighted by Gasteiger charge is 2.19. The Kier molecular flexibility index (Phi) is 8.26. The number of hydrogen-bond donors (Lipinski definition) is 1. The van der Waals surface area contributed by atoms with E-state index >= 15 is 0 Å². The molecule has 0 spiro atoms. The molecule has 0 radical (unpaired) electrons. The van der Waals surface area contributed by atoms with E-state index in [1.165, 1.54) is 44.3 Å². The molecule has 1 aromatic carbocycles. The Bertz CT molecular complexity index is 537. The van der Waals surface area contributed by atoms with Crippen molar-refractivity contribution in [2.24, 2.45) is 0 Å². The third-order valence-electron chi connectivity index (χ3n) is 5.14. The van der Waals surface area contributed by atoms with E-state index in [4.69, 9.17) is 4.74 Å². The number of amides is 1. The van der Waals surface area contributed by atoms with Gasteiger partial charge in [0.1, 0.15) is 5.75 Å². The summed E-state index contributed by atoms with van der Waals surface area (Å²) in [6, 6.07) is 5.98. The van der Waals surface area contributed by atoms with Crippen LogP contribution in [0.1, 0.15) is 56.6 Å². The van der Waals surface area contributed by atoms with Gasteiger partial charge < -0.3 is 15.0 Å². The minimum Gasteiger partial charge on any atom is -0.480 e. The molecule has 2 rings (SSSR count). The van der Waals surface area contributed by atoms with E-state index in [2.05, 4.69) is 23.2 Å². The summed E-state index contributed by atoms with van der Waals surface area (Å²) in [6.07, 6.45) is 6.61. The minimum absolute atomic E-state index is 0.000674. The lowest BCUT2D eigenvalue weighted by Gasteiger charge is -2.21. The van der Waals surface area contributed by atoms with Gasteiger partial charge >= 0.3 is 0 Å². The Labute approximate surface area is 152 Å². The highest BCUT2D eigenvalue weighted by Crippen LogP contribution is 2.22. The van der Waals surface area contributed by atoms with E-state index < -0.39 is 6.10 Å². The third-order valence-corrected chi connectivity index (χ3v) is 5.14. The highest BCUT2D eigenvalue weighted by atomic mass is 16.5. The molecule has 1 atom stereocenters. The maximum Gasteiger partial charge on any atom is 0.261 e. The second kappa shape index (κ2) is 10.4. The van der Waals surface area contributed by atoms with Gasteiger partial charge in [-0.15, -0.1) is 0 Å². The van der Waals surface area contributed by atoms with Crippen molar-refractivity contribution in [3.05, 3.63) is 29.3 Å². The van der Waals surface area contributed by atoms with Crippen molar-refractivity contribution in [3.63, 3.8) is 0 Å². The van der Waals surface area contributed by atoms with Crippen LogP contribution in [-0.2, 0) is 4.79 Å². The Hall–Kier alpha value is -1.55. The number of ether oxygens (including phenoxy) is 1. The normalized spacial score (nSPS) is 16.9. The number of hydrogen-bond acceptors (Lipinski definition) is 3. The monoisotopic (exact) mass is 346 g/mol. The van der Waals surface area contributed by atoms with E-state index in [0.717, 1.165) is 30.8 Å². The van der Waals surface area contributed by atoms with Crippen LogP contribution in [0.4, 0.5) is 0 Å². The van der Waals surface area contributed by atoms with Crippen LogP contribution < -0.4 is 10.1 Å². The van der Waals surface area contributed by atoms with E-state index in [1.54, 1.807) is 0 Å². The molecule has 1 aromatic rings. The number of nitrogens with zero attached hydrogens (tertiary/aromatic N) is 1. The summed E-state index contributed by atoms with van der Waals surface area (Å²) in [6.45, 7) is 10.3. The van der Waals surface area contributed by atoms with Crippen LogP contribution in [0.5, 0.6) is 5.75 Å². The Morgan fingerprint density at radius 1 is 1.20 bits per heavy atom. The molecular formula is C21H34N2O2. The molecular weight excluding hydrogens is 312 g/mol. The van der Waals surface area contributed by atoms with E-state index in [9.17, 15) is 4.79 Å². The number of likely N-dealkylation sites (tertiary alicyclic amines) is 1. The molecule has 25 heavy (non-hydrogen) atoms. The van der Waals surface area contributed by atoms with Crippen molar-refractivity contribution < 1.29 is 9.53 Å². The fourth-order valence-corrected chi connectivity index (χ4v) is 3.32. The van der Waals surface area contributed by atoms with Crippen LogP contribution in [0.3, 0.4) is 0 Å². The predicted octanol–water partition coefficient (Wildman–Crippen LogP) is 3.84. The molecule has 1 aliphatic heterocycles. The number of benzene rings is 1. The molecule has 1 heterocycles. The molecule has 0 aliphatic carbocycles. The zero-order chi connectivity index (χ0) is 18.1. The predicted molar refractivity (Wildman–Crippen MR) is 103 cm³/mol. The van der Waals surface area contributed by atoms with Crippen molar-refractivity contribution in [1.82, 2.24) is 10.2 Å². The number of aryl methyl sites for hydroxylation is 1. The molecule has 1 fully saturated rings. The maximum atomic E-state index is 12.4. The molecule has 4 nitrogen and oxygen atoms in total. The Morgan fingerprint density at radius 3 is 2.60 bits per heavy atom. The standard InChI is InChI=1S/C21H34N2O2/c1-4-19(25-20-12-9-11-17(2)18(20)3)21(24)22-13-10-16-23-14-7-5-6-8-15-23/h9,11-12,19H,4-8,10,13-16H2,1-3H3,(H,22,24)/t19-/m1/s1. The summed E-state index contributed by atoms with van der Waals surface area (Å²) in [4.78, 5) is 15.0. The fraction of sp³-hybridized carbons (Fsp3) is 0.667. The van der Waals surface area contributed by atoms with Gasteiger partial charge in [-0.05, 0) is 76.4 Å². The molecule has 140 valence electrons. The average Bonchev–Trinajstić information content (AvgIpc) is 2.88. The average molecular weight is 347 g/mol. The molecule has 0 unspecified atom stereocenters. The summed E-state index contributed by atoms with van der Waals surface area (Å²) in [5, 5.41) is 3.05. The van der Waals surface area contributed by atoms with Crippen LogP contribution in [0.2, 0.25) is 0 Å². The summed E-state index contributed by atoms with van der Waals surface area (Å²) in [7, 11) is 0. The summed E-state index contributed by atoms with van der Waals surface area (Å²) >= 11 is 0. The molecule has 0 saturated carbocycles. The molecule has 1 saturated heterocycles. The van der Waals surface area contributed by atoms with Gasteiger partial charge in [0.15, 0.2) is 6.10 Å². The number of carbonyl (C=O) groups excluding carboxylic acids is 1. The van der Waals surface area contributed by atoms with Crippen molar-refractivity contribution in [2.45, 2.75) is 65.4 Å². The van der Waals surface area contributed by atoms with Gasteiger partial charge in [-0.1, -0.05) is 31.9 Å². The van der Waals surface area contributed by atoms with E-state index in [0.29, 0.717) is 6.42 Å². The molecule has 1 aliphatic rings. The summed E-state index contributed by atoms with van der Waals surface area (Å²) < 4.78 is 5.98. The summed E-state index contributed by atoms with van der Waals surface area (Å²) in [5.41, 5.74) is 2.29. The molecule has 0 bridgehead atoms. The van der Waals surface area contributed by atoms with Crippen LogP contribution >= 0.6 is 0 Å². The van der Waals surface area contributed by atoms with E-state index in [1.807, 2.05) is 26.0 Å². The van der Waals surface area contributed by atoms with Gasteiger partial charge in [-0.25, -0.2) is 0 Å². The van der Waals surface area contributed by atoms with Gasteiger partial charge in [-0.3, -0.25) is 4.79 Å². The first-order valence-corrected chi connectivity index (χ1v) is 9.84. The summed E-state index contributed by atoms with van der Waals surface area (Å²) in [5.74, 6) is 0.811. The lowest BCUT2D eigenvalue weighted by atomic mass is 10.1. The minimum atomic E-state index is -0.418. The second-order valence-corrected chi connectivity index (χ2v) is 7.11. The molecule has 0 aromatic heterocycles. The van der Waals surface area contributed by atoms with Crippen LogP contribution in [0, 0.1) is 13.8 Å². The van der Waals surface area contributed by atoms with Crippen molar-refractivity contribution >= 4 is 5.91 Å². The SMILES string of the molecule is CC[C@@H](Oc1cccc(C)c1C)C(=O)NCCCN1CCCCCC1. The number of nitrogens with one attached hydrogen (secondary N) is 1. The lowest BCUT2D eigenvalue weighted by molar-refractivity contribution is -0.128. The Morgan fingerprint density at radius 2 is 1.92 bits per heavy atom. The van der Waals surface area contributed by atoms with Crippen molar-refractivity contribution in [1.29, 1.82) is 0 Å². The van der Waals surface area contributed by atoms with Crippen LogP contribution in [0.15, 0.2) is 18.2 Å². The van der Waals surface area contributed by atoms with Gasteiger partial charge in [-0.2, -0.15) is 0 Å². The molecule has 1 N–H and O–H groups in total. The topological polar surface area (TPSA) is 41.6 Å². The zero-order valence-corrected chi connectivity index (χ0v) is 16.1. The number of rotatable bonds is 8. The van der Waals surface area contributed by atoms with E-state index in [-0.39, 0.29) is 5.91 Å². The first kappa shape index (κ1) is 19.8. The maximum absolute atomic E-state index is 12.4. The number of carbonyl (C=O) groups is 1. The van der Waals surface area contributed by atoms with Gasteiger partial charge in [0.25, 0.3) is 5.91 Å². The van der Waals surface area contributed by atoms with Crippen molar-refractivity contribution in [2.75, 3.05) is 26.2 Å². The van der Waals surface area contributed by atoms with Crippen molar-refractivity contribution in [3.8, 4) is 5.75 Å². The fourth-order valence-electron chi connectivity index (χ4n) is 3.32. The highest BCUT2D eigenvalue weighted by molar-refractivity contribution is 5.81. The van der Waals surface area contributed by atoms with Crippen LogP contribution in [0.25, 0.3) is 0 Å². The second-order valence-electron chi connectivity index (χ2n) is 7.11. The smallest absolute Gasteiger partial charge is 0.261 e. The lowest BCUT2D eigenvalue weighted by Crippen LogP contribution is -2.39. The quantitative estimate of drug-likeness (QED) is 0.727. The third kappa shape index (κ3) is 6.35. The largest absolute Gasteiger partial charge is 0.480 e.